The van der Waals surface area contributed by atoms with Crippen molar-refractivity contribution in [3.05, 3.63) is 44.4 Å². The Morgan fingerprint density at radius 3 is 2.89 bits per heavy atom. The molecule has 1 aromatic carbocycles. The van der Waals surface area contributed by atoms with E-state index in [-0.39, 0.29) is 26.7 Å². The molecular formula is C10H5ClN2O4S. The summed E-state index contributed by atoms with van der Waals surface area (Å²) in [6, 6.07) is 5.64. The van der Waals surface area contributed by atoms with Gasteiger partial charge in [-0.25, -0.2) is 0 Å². The van der Waals surface area contributed by atoms with Crippen molar-refractivity contribution in [2.45, 2.75) is 0 Å². The van der Waals surface area contributed by atoms with Crippen molar-refractivity contribution in [2.24, 2.45) is 0 Å². The van der Waals surface area contributed by atoms with Crippen LogP contribution in [-0.2, 0) is 0 Å². The molecule has 92 valence electrons. The number of ether oxygens (including phenoxy) is 1. The molecule has 0 aliphatic carbocycles. The summed E-state index contributed by atoms with van der Waals surface area (Å²) in [6.07, 6.45) is 0.570. The van der Waals surface area contributed by atoms with Crippen LogP contribution in [-0.4, -0.2) is 16.2 Å². The van der Waals surface area contributed by atoms with Crippen molar-refractivity contribution in [1.82, 2.24) is 4.98 Å². The number of non-ortho nitro benzene ring substituents is 1. The number of nitro benzene ring substituents is 1. The van der Waals surface area contributed by atoms with Crippen LogP contribution in [0.25, 0.3) is 0 Å². The number of halogens is 1. The fourth-order valence-corrected chi connectivity index (χ4v) is 2.10. The van der Waals surface area contributed by atoms with Crippen molar-refractivity contribution >= 4 is 34.9 Å². The van der Waals surface area contributed by atoms with Gasteiger partial charge in [-0.2, -0.15) is 4.98 Å². The number of hydrogen-bond donors (Lipinski definition) is 0. The third kappa shape index (κ3) is 2.63. The van der Waals surface area contributed by atoms with Crippen LogP contribution in [0.2, 0.25) is 5.15 Å². The zero-order valence-corrected chi connectivity index (χ0v) is 10.3. The molecule has 0 radical (unpaired) electrons. The van der Waals surface area contributed by atoms with Crippen LogP contribution < -0.4 is 4.74 Å². The lowest BCUT2D eigenvalue weighted by atomic mass is 10.3. The van der Waals surface area contributed by atoms with Gasteiger partial charge in [0.2, 0.25) is 0 Å². The van der Waals surface area contributed by atoms with Gasteiger partial charge in [0.05, 0.1) is 11.0 Å². The first-order valence-electron chi connectivity index (χ1n) is 4.64. The average molecular weight is 285 g/mol. The topological polar surface area (TPSA) is 82.3 Å². The first kappa shape index (κ1) is 12.5. The fraction of sp³-hybridized carbons (Fsp3) is 0. The summed E-state index contributed by atoms with van der Waals surface area (Å²) in [5.41, 5.74) is -0.0919. The van der Waals surface area contributed by atoms with Crippen LogP contribution in [0.5, 0.6) is 10.9 Å². The Labute approximate surface area is 110 Å². The number of nitro groups is 1. The second-order valence-corrected chi connectivity index (χ2v) is 4.46. The molecule has 0 unspecified atom stereocenters. The zero-order chi connectivity index (χ0) is 13.1. The molecule has 0 bridgehead atoms. The minimum absolute atomic E-state index is 0.0513. The van der Waals surface area contributed by atoms with Gasteiger partial charge in [0.25, 0.3) is 10.9 Å². The first-order chi connectivity index (χ1) is 8.60. The molecule has 2 aromatic rings. The minimum atomic E-state index is -0.529. The van der Waals surface area contributed by atoms with Gasteiger partial charge in [0.15, 0.2) is 11.4 Å². The second-order valence-electron chi connectivity index (χ2n) is 3.11. The van der Waals surface area contributed by atoms with Crippen molar-refractivity contribution in [1.29, 1.82) is 0 Å². The largest absolute Gasteiger partial charge is 0.431 e. The summed E-state index contributed by atoms with van der Waals surface area (Å²) in [5, 5.41) is 10.8. The van der Waals surface area contributed by atoms with Gasteiger partial charge in [0.1, 0.15) is 10.6 Å². The summed E-state index contributed by atoms with van der Waals surface area (Å²) >= 11 is 6.64. The lowest BCUT2D eigenvalue weighted by Gasteiger charge is -2.00. The number of aromatic nitrogens is 1. The molecule has 0 aliphatic heterocycles. The Balaban J connectivity index is 2.25. The fourth-order valence-electron chi connectivity index (χ4n) is 1.17. The van der Waals surface area contributed by atoms with Crippen molar-refractivity contribution in [2.75, 3.05) is 0 Å². The molecule has 0 fully saturated rings. The number of nitrogens with zero attached hydrogens (tertiary/aromatic N) is 2. The number of carbonyl (C=O) groups is 1. The number of hydrogen-bond acceptors (Lipinski definition) is 6. The van der Waals surface area contributed by atoms with E-state index >= 15 is 0 Å². The second kappa shape index (κ2) is 5.11. The molecule has 2 rings (SSSR count). The van der Waals surface area contributed by atoms with Gasteiger partial charge in [-0.3, -0.25) is 14.9 Å². The van der Waals surface area contributed by atoms with Gasteiger partial charge < -0.3 is 4.74 Å². The number of aldehydes is 1. The Bertz CT molecular complexity index is 614. The molecule has 6 nitrogen and oxygen atoms in total. The van der Waals surface area contributed by atoms with Crippen LogP contribution in [0.4, 0.5) is 5.69 Å². The van der Waals surface area contributed by atoms with Gasteiger partial charge in [-0.05, 0) is 6.07 Å². The highest BCUT2D eigenvalue weighted by Gasteiger charge is 2.12. The maximum Gasteiger partial charge on any atom is 0.280 e. The smallest absolute Gasteiger partial charge is 0.280 e. The van der Waals surface area contributed by atoms with Crippen molar-refractivity contribution < 1.29 is 14.5 Å². The Morgan fingerprint density at radius 2 is 2.28 bits per heavy atom. The molecule has 0 N–H and O–H groups in total. The lowest BCUT2D eigenvalue weighted by Crippen LogP contribution is -1.89. The lowest BCUT2D eigenvalue weighted by molar-refractivity contribution is -0.384. The SMILES string of the molecule is O=Cc1sc(Oc2cccc([N+](=O)[O-])c2)nc1Cl. The zero-order valence-electron chi connectivity index (χ0n) is 8.70. The number of thiazole rings is 1. The molecule has 0 amide bonds. The van der Waals surface area contributed by atoms with Crippen molar-refractivity contribution in [3.63, 3.8) is 0 Å². The van der Waals surface area contributed by atoms with E-state index in [1.165, 1.54) is 18.2 Å². The van der Waals surface area contributed by atoms with E-state index in [9.17, 15) is 14.9 Å². The van der Waals surface area contributed by atoms with Gasteiger partial charge in [-0.15, -0.1) is 0 Å². The van der Waals surface area contributed by atoms with Crippen LogP contribution in [0, 0.1) is 10.1 Å². The van der Waals surface area contributed by atoms with Crippen LogP contribution >= 0.6 is 22.9 Å². The summed E-state index contributed by atoms with van der Waals surface area (Å²) in [4.78, 5) is 24.7. The number of benzene rings is 1. The molecular weight excluding hydrogens is 280 g/mol. The number of rotatable bonds is 4. The van der Waals surface area contributed by atoms with E-state index in [0.717, 1.165) is 11.3 Å². The highest BCUT2D eigenvalue weighted by Crippen LogP contribution is 2.31. The average Bonchev–Trinajstić information content (AvgIpc) is 2.69. The molecule has 0 spiro atoms. The highest BCUT2D eigenvalue weighted by molar-refractivity contribution is 7.15. The van der Waals surface area contributed by atoms with E-state index in [1.807, 2.05) is 0 Å². The molecule has 18 heavy (non-hydrogen) atoms. The summed E-state index contributed by atoms with van der Waals surface area (Å²) < 4.78 is 5.29. The summed E-state index contributed by atoms with van der Waals surface area (Å²) in [7, 11) is 0. The maximum absolute atomic E-state index is 10.6. The van der Waals surface area contributed by atoms with E-state index < -0.39 is 4.92 Å². The predicted octanol–water partition coefficient (Wildman–Crippen LogP) is 3.31. The summed E-state index contributed by atoms with van der Waals surface area (Å²) in [6.45, 7) is 0. The highest BCUT2D eigenvalue weighted by atomic mass is 35.5. The Hall–Kier alpha value is -1.99. The van der Waals surface area contributed by atoms with Crippen LogP contribution in [0.15, 0.2) is 24.3 Å². The third-order valence-electron chi connectivity index (χ3n) is 1.93. The molecule has 8 heteroatoms. The Morgan fingerprint density at radius 1 is 1.50 bits per heavy atom. The normalized spacial score (nSPS) is 10.1. The molecule has 0 saturated heterocycles. The monoisotopic (exact) mass is 284 g/mol. The van der Waals surface area contributed by atoms with E-state index in [2.05, 4.69) is 4.98 Å². The van der Waals surface area contributed by atoms with E-state index in [1.54, 1.807) is 6.07 Å². The van der Waals surface area contributed by atoms with Crippen LogP contribution in [0.1, 0.15) is 9.67 Å². The van der Waals surface area contributed by atoms with Gasteiger partial charge in [-0.1, -0.05) is 29.0 Å². The molecule has 1 heterocycles. The third-order valence-corrected chi connectivity index (χ3v) is 3.19. The quantitative estimate of drug-likeness (QED) is 0.488. The predicted molar refractivity (Wildman–Crippen MR) is 65.7 cm³/mol. The molecule has 0 saturated carbocycles. The minimum Gasteiger partial charge on any atom is -0.431 e. The van der Waals surface area contributed by atoms with Crippen molar-refractivity contribution in [3.8, 4) is 10.9 Å². The van der Waals surface area contributed by atoms with E-state index in [4.69, 9.17) is 16.3 Å². The summed E-state index contributed by atoms with van der Waals surface area (Å²) in [5.74, 6) is 0.257. The van der Waals surface area contributed by atoms with Gasteiger partial charge in [0, 0.05) is 6.07 Å². The van der Waals surface area contributed by atoms with Crippen LogP contribution in [0.3, 0.4) is 0 Å². The first-order valence-corrected chi connectivity index (χ1v) is 5.83. The maximum atomic E-state index is 10.6. The van der Waals surface area contributed by atoms with Gasteiger partial charge >= 0.3 is 0 Å². The Kier molecular flexibility index (Phi) is 3.54. The number of carbonyl (C=O) groups excluding carboxylic acids is 1. The molecule has 1 aromatic heterocycles. The molecule has 0 aliphatic rings. The van der Waals surface area contributed by atoms with E-state index in [0.29, 0.717) is 6.29 Å². The molecule has 0 atom stereocenters. The standard InChI is InChI=1S/C10H5ClN2O4S/c11-9-8(5-14)18-10(12-9)17-7-3-1-2-6(4-7)13(15)16/h1-5H.